The van der Waals surface area contributed by atoms with Crippen LogP contribution in [0.15, 0.2) is 22.7 Å². The average Bonchev–Trinajstić information content (AvgIpc) is 3.22. The zero-order valence-electron chi connectivity index (χ0n) is 11.6. The fourth-order valence-electron chi connectivity index (χ4n) is 2.78. The molecular formula is C15H20BrClN2O. The minimum Gasteiger partial charge on any atom is -0.374 e. The van der Waals surface area contributed by atoms with Gasteiger partial charge in [-0.25, -0.2) is 0 Å². The topological polar surface area (TPSA) is 24.5 Å². The maximum absolute atomic E-state index is 6.05. The molecule has 1 saturated heterocycles. The number of rotatable bonds is 4. The van der Waals surface area contributed by atoms with Crippen molar-refractivity contribution in [1.82, 2.24) is 10.2 Å². The summed E-state index contributed by atoms with van der Waals surface area (Å²) < 4.78 is 7.08. The SMILES string of the molecule is CN1CCOC(CNC2CC2)C1c1ccc(Cl)cc1Br. The Morgan fingerprint density at radius 3 is 2.95 bits per heavy atom. The van der Waals surface area contributed by atoms with E-state index in [0.717, 1.165) is 29.2 Å². The van der Waals surface area contributed by atoms with Crippen LogP contribution in [0.3, 0.4) is 0 Å². The molecule has 1 heterocycles. The van der Waals surface area contributed by atoms with Crippen LogP contribution in [-0.2, 0) is 4.74 Å². The summed E-state index contributed by atoms with van der Waals surface area (Å²) in [6.45, 7) is 2.67. The number of halogens is 2. The van der Waals surface area contributed by atoms with Crippen molar-refractivity contribution in [2.24, 2.45) is 0 Å². The summed E-state index contributed by atoms with van der Waals surface area (Å²) in [5, 5.41) is 4.34. The van der Waals surface area contributed by atoms with Crippen molar-refractivity contribution in [3.05, 3.63) is 33.3 Å². The highest BCUT2D eigenvalue weighted by Crippen LogP contribution is 2.34. The van der Waals surface area contributed by atoms with Crippen molar-refractivity contribution in [1.29, 1.82) is 0 Å². The molecule has 5 heteroatoms. The molecule has 0 amide bonds. The van der Waals surface area contributed by atoms with Crippen molar-refractivity contribution in [3.8, 4) is 0 Å². The van der Waals surface area contributed by atoms with Gasteiger partial charge in [0.15, 0.2) is 0 Å². The van der Waals surface area contributed by atoms with Crippen LogP contribution < -0.4 is 5.32 Å². The van der Waals surface area contributed by atoms with Crippen LogP contribution >= 0.6 is 27.5 Å². The van der Waals surface area contributed by atoms with E-state index in [4.69, 9.17) is 16.3 Å². The summed E-state index contributed by atoms with van der Waals surface area (Å²) in [7, 11) is 2.17. The van der Waals surface area contributed by atoms with Crippen molar-refractivity contribution < 1.29 is 4.74 Å². The number of benzene rings is 1. The van der Waals surface area contributed by atoms with Gasteiger partial charge in [0.05, 0.1) is 18.8 Å². The predicted molar refractivity (Wildman–Crippen MR) is 85.3 cm³/mol. The summed E-state index contributed by atoms with van der Waals surface area (Å²) in [5.74, 6) is 0. The number of ether oxygens (including phenoxy) is 1. The van der Waals surface area contributed by atoms with Crippen molar-refractivity contribution in [3.63, 3.8) is 0 Å². The first-order chi connectivity index (χ1) is 9.65. The minimum absolute atomic E-state index is 0.187. The highest BCUT2D eigenvalue weighted by Gasteiger charge is 2.34. The summed E-state index contributed by atoms with van der Waals surface area (Å²) >= 11 is 9.70. The van der Waals surface area contributed by atoms with Gasteiger partial charge < -0.3 is 10.1 Å². The molecule has 3 nitrogen and oxygen atoms in total. The van der Waals surface area contributed by atoms with Crippen molar-refractivity contribution >= 4 is 27.5 Å². The van der Waals surface area contributed by atoms with Crippen LogP contribution in [0.4, 0.5) is 0 Å². The smallest absolute Gasteiger partial charge is 0.0896 e. The molecule has 3 rings (SSSR count). The van der Waals surface area contributed by atoms with Gasteiger partial charge in [0.2, 0.25) is 0 Å². The fourth-order valence-corrected chi connectivity index (χ4v) is 3.70. The van der Waals surface area contributed by atoms with Crippen LogP contribution in [0.25, 0.3) is 0 Å². The van der Waals surface area contributed by atoms with Crippen molar-refractivity contribution in [2.75, 3.05) is 26.7 Å². The molecule has 0 radical (unpaired) electrons. The summed E-state index contributed by atoms with van der Waals surface area (Å²) in [4.78, 5) is 2.37. The number of nitrogens with zero attached hydrogens (tertiary/aromatic N) is 1. The molecule has 0 spiro atoms. The van der Waals surface area contributed by atoms with E-state index in [1.165, 1.54) is 18.4 Å². The van der Waals surface area contributed by atoms with E-state index in [1.54, 1.807) is 0 Å². The Kier molecular flexibility index (Phi) is 4.68. The standard InChI is InChI=1S/C15H20BrClN2O/c1-19-6-7-20-14(9-18-11-3-4-11)15(19)12-5-2-10(17)8-13(12)16/h2,5,8,11,14-15,18H,3-4,6-7,9H2,1H3. The molecule has 1 saturated carbocycles. The van der Waals surface area contributed by atoms with Crippen LogP contribution in [0.1, 0.15) is 24.4 Å². The second-order valence-corrected chi connectivity index (χ2v) is 6.97. The molecular weight excluding hydrogens is 340 g/mol. The molecule has 2 atom stereocenters. The van der Waals surface area contributed by atoms with Gasteiger partial charge in [0, 0.05) is 28.6 Å². The third kappa shape index (κ3) is 3.37. The second kappa shape index (κ2) is 6.32. The quantitative estimate of drug-likeness (QED) is 0.893. The monoisotopic (exact) mass is 358 g/mol. The Morgan fingerprint density at radius 1 is 1.45 bits per heavy atom. The molecule has 0 bridgehead atoms. The molecule has 1 aliphatic heterocycles. The zero-order valence-corrected chi connectivity index (χ0v) is 14.0. The van der Waals surface area contributed by atoms with Gasteiger partial charge in [0.25, 0.3) is 0 Å². The fraction of sp³-hybridized carbons (Fsp3) is 0.600. The van der Waals surface area contributed by atoms with Crippen LogP contribution in [0.5, 0.6) is 0 Å². The molecule has 2 unspecified atom stereocenters. The largest absolute Gasteiger partial charge is 0.374 e. The van der Waals surface area contributed by atoms with Gasteiger partial charge in [-0.1, -0.05) is 33.6 Å². The van der Waals surface area contributed by atoms with Crippen LogP contribution in [0.2, 0.25) is 5.02 Å². The Labute approximate surface area is 133 Å². The lowest BCUT2D eigenvalue weighted by atomic mass is 9.98. The summed E-state index contributed by atoms with van der Waals surface area (Å²) in [5.41, 5.74) is 1.25. The van der Waals surface area contributed by atoms with Gasteiger partial charge in [-0.05, 0) is 37.6 Å². The molecule has 1 aliphatic carbocycles. The summed E-state index contributed by atoms with van der Waals surface area (Å²) in [6.07, 6.45) is 2.79. The van der Waals surface area contributed by atoms with Gasteiger partial charge in [-0.15, -0.1) is 0 Å². The lowest BCUT2D eigenvalue weighted by Crippen LogP contribution is -2.47. The number of hydrogen-bond acceptors (Lipinski definition) is 3. The maximum atomic E-state index is 6.05. The maximum Gasteiger partial charge on any atom is 0.0896 e. The highest BCUT2D eigenvalue weighted by atomic mass is 79.9. The van der Waals surface area contributed by atoms with Crippen molar-refractivity contribution in [2.45, 2.75) is 31.0 Å². The van der Waals surface area contributed by atoms with E-state index in [0.29, 0.717) is 6.04 Å². The molecule has 1 aromatic rings. The van der Waals surface area contributed by atoms with Crippen LogP contribution in [0, 0.1) is 0 Å². The summed E-state index contributed by atoms with van der Waals surface area (Å²) in [6, 6.07) is 6.99. The van der Waals surface area contributed by atoms with Gasteiger partial charge >= 0.3 is 0 Å². The van der Waals surface area contributed by atoms with Crippen LogP contribution in [-0.4, -0.2) is 43.8 Å². The van der Waals surface area contributed by atoms with E-state index >= 15 is 0 Å². The minimum atomic E-state index is 0.187. The van der Waals surface area contributed by atoms with Gasteiger partial charge in [-0.3, -0.25) is 4.90 Å². The Balaban J connectivity index is 1.80. The third-order valence-electron chi connectivity index (χ3n) is 4.07. The molecule has 1 aromatic carbocycles. The average molecular weight is 360 g/mol. The second-order valence-electron chi connectivity index (χ2n) is 5.68. The molecule has 0 aromatic heterocycles. The lowest BCUT2D eigenvalue weighted by molar-refractivity contribution is -0.0617. The molecule has 2 fully saturated rings. The Morgan fingerprint density at radius 2 is 2.25 bits per heavy atom. The molecule has 2 aliphatic rings. The van der Waals surface area contributed by atoms with Gasteiger partial charge in [-0.2, -0.15) is 0 Å². The number of morpholine rings is 1. The lowest BCUT2D eigenvalue weighted by Gasteiger charge is -2.40. The first kappa shape index (κ1) is 14.8. The van der Waals surface area contributed by atoms with E-state index in [2.05, 4.69) is 39.3 Å². The first-order valence-electron chi connectivity index (χ1n) is 7.15. The predicted octanol–water partition coefficient (Wildman–Crippen LogP) is 3.23. The van der Waals surface area contributed by atoms with Gasteiger partial charge in [0.1, 0.15) is 0 Å². The molecule has 20 heavy (non-hydrogen) atoms. The normalized spacial score (nSPS) is 27.8. The highest BCUT2D eigenvalue weighted by molar-refractivity contribution is 9.10. The van der Waals surface area contributed by atoms with E-state index in [-0.39, 0.29) is 12.1 Å². The first-order valence-corrected chi connectivity index (χ1v) is 8.32. The van der Waals surface area contributed by atoms with E-state index in [1.807, 2.05) is 12.1 Å². The Bertz CT molecular complexity index is 481. The van der Waals surface area contributed by atoms with E-state index in [9.17, 15) is 0 Å². The zero-order chi connectivity index (χ0) is 14.1. The number of nitrogens with one attached hydrogen (secondary N) is 1. The Hall–Kier alpha value is -0.130. The molecule has 1 N–H and O–H groups in total. The third-order valence-corrected chi connectivity index (χ3v) is 4.99. The van der Waals surface area contributed by atoms with E-state index < -0.39 is 0 Å². The molecule has 110 valence electrons. The number of likely N-dealkylation sites (N-methyl/N-ethyl adjacent to an activating group) is 1. The number of hydrogen-bond donors (Lipinski definition) is 1.